The molecule has 0 aliphatic carbocycles. The van der Waals surface area contributed by atoms with Crippen molar-refractivity contribution in [3.8, 4) is 0 Å². The van der Waals surface area contributed by atoms with Crippen molar-refractivity contribution < 1.29 is 43.1 Å². The van der Waals surface area contributed by atoms with Gasteiger partial charge in [0.2, 0.25) is 6.17 Å². The molecule has 2 unspecified atom stereocenters. The van der Waals surface area contributed by atoms with Gasteiger partial charge in [0, 0.05) is 0 Å². The smallest absolute Gasteiger partial charge is 0.305 e. The van der Waals surface area contributed by atoms with E-state index in [-0.39, 0.29) is 0 Å². The normalized spacial score (nSPS) is 18.0. The highest BCUT2D eigenvalue weighted by Gasteiger charge is 2.59. The zero-order valence-corrected chi connectivity index (χ0v) is 7.54. The second-order valence-corrected chi connectivity index (χ2v) is 3.42. The maximum Gasteiger partial charge on any atom is 0.804 e. The average Bonchev–Trinajstić information content (AvgIpc) is 1.99. The number of rotatable bonds is 5. The molecule has 92 valence electrons. The fourth-order valence-electron chi connectivity index (χ4n) is 0.489. The second kappa shape index (κ2) is 4.59. The van der Waals surface area contributed by atoms with Crippen LogP contribution in [-0.4, -0.2) is 34.2 Å². The Labute approximate surface area is 78.5 Å². The molecule has 1 nitrogen and oxygen atoms in total. The molecule has 0 aromatic heterocycles. The van der Waals surface area contributed by atoms with E-state index in [4.69, 9.17) is 0 Å². The summed E-state index contributed by atoms with van der Waals surface area (Å²) in [5.74, 6) is -5.54. The number of hydrogen-bond acceptors (Lipinski definition) is 1. The van der Waals surface area contributed by atoms with Crippen molar-refractivity contribution >= 4 is 9.32 Å². The lowest BCUT2D eigenvalue weighted by molar-refractivity contribution is -0.225. The van der Waals surface area contributed by atoms with Gasteiger partial charge in [0.1, 0.15) is 0 Å². The highest BCUT2D eigenvalue weighted by atomic mass is 28.5. The minimum absolute atomic E-state index is 2.22. The molecule has 0 amide bonds. The Bertz CT molecular complexity index is 203. The van der Waals surface area contributed by atoms with Crippen LogP contribution in [0.3, 0.4) is 0 Å². The third kappa shape index (κ3) is 4.28. The van der Waals surface area contributed by atoms with Crippen LogP contribution in [0.5, 0.6) is 0 Å². The minimum atomic E-state index is -7.18. The molecule has 0 fully saturated rings. The largest absolute Gasteiger partial charge is 0.804 e. The van der Waals surface area contributed by atoms with Gasteiger partial charge in [0.15, 0.2) is 0 Å². The summed E-state index contributed by atoms with van der Waals surface area (Å²) < 4.78 is 107. The molecular weight excluding hydrogens is 263 g/mol. The molecule has 0 bridgehead atoms. The molecule has 0 aromatic rings. The van der Waals surface area contributed by atoms with Crippen molar-refractivity contribution in [1.82, 2.24) is 0 Å². The maximum absolute atomic E-state index is 12.2. The Morgan fingerprint density at radius 2 is 1.33 bits per heavy atom. The van der Waals surface area contributed by atoms with E-state index >= 15 is 0 Å². The van der Waals surface area contributed by atoms with Crippen LogP contribution in [0.1, 0.15) is 0 Å². The van der Waals surface area contributed by atoms with Gasteiger partial charge in [0.05, 0.1) is 0 Å². The summed E-state index contributed by atoms with van der Waals surface area (Å²) in [4.78, 5) is 0. The van der Waals surface area contributed by atoms with Gasteiger partial charge >= 0.3 is 15.2 Å². The fourth-order valence-corrected chi connectivity index (χ4v) is 0.881. The van der Waals surface area contributed by atoms with Gasteiger partial charge in [-0.3, -0.25) is 0 Å². The maximum atomic E-state index is 12.2. The summed E-state index contributed by atoms with van der Waals surface area (Å²) in [6.45, 7) is 0. The molecule has 0 aliphatic heterocycles. The molecule has 0 saturated carbocycles. The third-order valence-corrected chi connectivity index (χ3v) is 1.60. The zero-order chi connectivity index (χ0) is 12.4. The van der Waals surface area contributed by atoms with Gasteiger partial charge in [-0.05, 0) is 0 Å². The first kappa shape index (κ1) is 14.5. The van der Waals surface area contributed by atoms with Gasteiger partial charge in [-0.2, -0.15) is 8.78 Å². The van der Waals surface area contributed by atoms with Crippen molar-refractivity contribution in [1.29, 1.82) is 0 Å². The van der Waals surface area contributed by atoms with Crippen LogP contribution in [0, 0.1) is 0 Å². The molecule has 0 N–H and O–H groups in total. The summed E-state index contributed by atoms with van der Waals surface area (Å²) in [7, 11) is -7.18. The van der Waals surface area contributed by atoms with E-state index in [9.17, 15) is 38.7 Å². The molecule has 0 rings (SSSR count). The standard InChI is InChI=1S/C4H3F9OSi/c5-1(2(6)7)4(9,10)3(8)14-15(11,12)13/h1-3H. The first-order valence-electron chi connectivity index (χ1n) is 3.17. The highest BCUT2D eigenvalue weighted by molar-refractivity contribution is 6.51. The summed E-state index contributed by atoms with van der Waals surface area (Å²) >= 11 is 0. The molecule has 0 spiro atoms. The highest BCUT2D eigenvalue weighted by Crippen LogP contribution is 2.34. The fraction of sp³-hybridized carbons (Fsp3) is 1.00. The molecule has 0 saturated heterocycles. The Balaban J connectivity index is 4.58. The third-order valence-electron chi connectivity index (χ3n) is 1.13. The van der Waals surface area contributed by atoms with Crippen LogP contribution in [0.2, 0.25) is 0 Å². The van der Waals surface area contributed by atoms with E-state index in [1.54, 1.807) is 0 Å². The number of halogens is 9. The first-order chi connectivity index (χ1) is 6.48. The van der Waals surface area contributed by atoms with Crippen molar-refractivity contribution in [2.75, 3.05) is 0 Å². The SMILES string of the molecule is FC(F)C(F)C(F)(F)C(F)O[Si](F)(F)F. The monoisotopic (exact) mass is 266 g/mol. The van der Waals surface area contributed by atoms with Crippen LogP contribution in [0.15, 0.2) is 0 Å². The molecule has 11 heteroatoms. The van der Waals surface area contributed by atoms with Crippen LogP contribution < -0.4 is 0 Å². The molecule has 15 heavy (non-hydrogen) atoms. The zero-order valence-electron chi connectivity index (χ0n) is 6.54. The summed E-state index contributed by atoms with van der Waals surface area (Å²) in [5, 5.41) is 0. The molecule has 0 heterocycles. The lowest BCUT2D eigenvalue weighted by Gasteiger charge is -2.23. The van der Waals surface area contributed by atoms with E-state index in [0.717, 1.165) is 0 Å². The Morgan fingerprint density at radius 3 is 1.60 bits per heavy atom. The van der Waals surface area contributed by atoms with Gasteiger partial charge in [-0.1, -0.05) is 0 Å². The number of alkyl halides is 6. The summed E-state index contributed by atoms with van der Waals surface area (Å²) in [6, 6.07) is 0. The van der Waals surface area contributed by atoms with Crippen molar-refractivity contribution in [2.24, 2.45) is 0 Å². The van der Waals surface area contributed by atoms with Crippen LogP contribution in [0.25, 0.3) is 0 Å². The summed E-state index contributed by atoms with van der Waals surface area (Å²) in [6.07, 6.45) is -13.1. The molecule has 0 radical (unpaired) electrons. The lowest BCUT2D eigenvalue weighted by Crippen LogP contribution is -2.47. The van der Waals surface area contributed by atoms with E-state index in [2.05, 4.69) is 4.43 Å². The summed E-state index contributed by atoms with van der Waals surface area (Å²) in [5.41, 5.74) is 0. The van der Waals surface area contributed by atoms with Crippen molar-refractivity contribution in [2.45, 2.75) is 24.9 Å². The van der Waals surface area contributed by atoms with Crippen LogP contribution in [0.4, 0.5) is 38.7 Å². The van der Waals surface area contributed by atoms with E-state index < -0.39 is 34.2 Å². The van der Waals surface area contributed by atoms with Gasteiger partial charge in [-0.15, -0.1) is 0 Å². The predicted molar refractivity (Wildman–Crippen MR) is 30.9 cm³/mol. The predicted octanol–water partition coefficient (Wildman–Crippen LogP) is 2.88. The Hall–Kier alpha value is -0.453. The molecular formula is C4H3F9OSi. The molecule has 0 aliphatic rings. The van der Waals surface area contributed by atoms with Gasteiger partial charge in [0.25, 0.3) is 12.8 Å². The van der Waals surface area contributed by atoms with Gasteiger partial charge < -0.3 is 4.43 Å². The number of hydrogen-bond donors (Lipinski definition) is 0. The Morgan fingerprint density at radius 1 is 0.933 bits per heavy atom. The van der Waals surface area contributed by atoms with Crippen LogP contribution in [-0.2, 0) is 4.43 Å². The Kier molecular flexibility index (Phi) is 4.45. The minimum Gasteiger partial charge on any atom is -0.305 e. The van der Waals surface area contributed by atoms with Gasteiger partial charge in [-0.25, -0.2) is 29.9 Å². The average molecular weight is 266 g/mol. The quantitative estimate of drug-likeness (QED) is 0.422. The van der Waals surface area contributed by atoms with E-state index in [1.807, 2.05) is 0 Å². The molecule has 2 atom stereocenters. The van der Waals surface area contributed by atoms with E-state index in [0.29, 0.717) is 0 Å². The first-order valence-corrected chi connectivity index (χ1v) is 4.71. The second-order valence-electron chi connectivity index (χ2n) is 2.29. The van der Waals surface area contributed by atoms with Crippen molar-refractivity contribution in [3.63, 3.8) is 0 Å². The molecule has 0 aromatic carbocycles. The van der Waals surface area contributed by atoms with Crippen molar-refractivity contribution in [3.05, 3.63) is 0 Å². The van der Waals surface area contributed by atoms with Crippen LogP contribution >= 0.6 is 0 Å². The lowest BCUT2D eigenvalue weighted by atomic mass is 10.2. The topological polar surface area (TPSA) is 9.23 Å². The van der Waals surface area contributed by atoms with E-state index in [1.165, 1.54) is 0 Å².